The molecule has 0 bridgehead atoms. The average Bonchev–Trinajstić information content (AvgIpc) is 3.03. The summed E-state index contributed by atoms with van der Waals surface area (Å²) in [6.45, 7) is 2.78. The third kappa shape index (κ3) is 2.65. The Morgan fingerprint density at radius 2 is 2.04 bits per heavy atom. The van der Waals surface area contributed by atoms with E-state index in [9.17, 15) is 19.1 Å². The van der Waals surface area contributed by atoms with Crippen molar-refractivity contribution in [2.24, 2.45) is 0 Å². The zero-order valence-corrected chi connectivity index (χ0v) is 14.2. The molecule has 3 aromatic rings. The predicted octanol–water partition coefficient (Wildman–Crippen LogP) is 4.12. The molecule has 0 saturated carbocycles. The van der Waals surface area contributed by atoms with Crippen molar-refractivity contribution in [3.05, 3.63) is 45.0 Å². The molecule has 0 radical (unpaired) electrons. The number of phenols is 1. The molecule has 124 valence electrons. The Morgan fingerprint density at radius 1 is 1.33 bits per heavy atom. The largest absolute Gasteiger partial charge is 0.505 e. The Balaban J connectivity index is 2.30. The van der Waals surface area contributed by atoms with Crippen molar-refractivity contribution < 1.29 is 23.8 Å². The van der Waals surface area contributed by atoms with E-state index in [0.717, 1.165) is 23.5 Å². The summed E-state index contributed by atoms with van der Waals surface area (Å²) in [5, 5.41) is 9.87. The highest BCUT2D eigenvalue weighted by Crippen LogP contribution is 2.37. The topological polar surface area (TPSA) is 68.5 Å². The van der Waals surface area contributed by atoms with Gasteiger partial charge in [-0.15, -0.1) is 11.3 Å². The van der Waals surface area contributed by atoms with Gasteiger partial charge in [0.15, 0.2) is 17.3 Å². The van der Waals surface area contributed by atoms with Crippen LogP contribution in [0.4, 0.5) is 4.39 Å². The minimum absolute atomic E-state index is 0.101. The molecule has 0 atom stereocenters. The minimum atomic E-state index is -0.882. The highest BCUT2D eigenvalue weighted by Gasteiger charge is 2.24. The first-order valence-corrected chi connectivity index (χ1v) is 8.01. The molecule has 0 amide bonds. The summed E-state index contributed by atoms with van der Waals surface area (Å²) in [7, 11) is 0. The van der Waals surface area contributed by atoms with Gasteiger partial charge in [-0.2, -0.15) is 0 Å². The zero-order chi connectivity index (χ0) is 17.6. The number of hydrogen-bond donors (Lipinski definition) is 1. The second-order valence-electron chi connectivity index (χ2n) is 5.07. The van der Waals surface area contributed by atoms with E-state index in [1.54, 1.807) is 19.1 Å². The van der Waals surface area contributed by atoms with Gasteiger partial charge in [-0.05, 0) is 25.1 Å². The second kappa shape index (κ2) is 5.92. The lowest BCUT2D eigenvalue weighted by Crippen LogP contribution is -2.12. The van der Waals surface area contributed by atoms with Gasteiger partial charge in [0.05, 0.1) is 20.4 Å². The third-order valence-electron chi connectivity index (χ3n) is 3.45. The van der Waals surface area contributed by atoms with E-state index >= 15 is 0 Å². The van der Waals surface area contributed by atoms with E-state index in [-0.39, 0.29) is 16.7 Å². The lowest BCUT2D eigenvalue weighted by Gasteiger charge is -2.05. The number of nitrogens with zero attached hydrogens (tertiary/aromatic N) is 1. The first-order chi connectivity index (χ1) is 11.3. The summed E-state index contributed by atoms with van der Waals surface area (Å²) in [4.78, 5) is 24.5. The van der Waals surface area contributed by atoms with Crippen molar-refractivity contribution in [1.29, 1.82) is 0 Å². The second-order valence-corrected chi connectivity index (χ2v) is 6.79. The van der Waals surface area contributed by atoms with Crippen molar-refractivity contribution in [3.63, 3.8) is 0 Å². The summed E-state index contributed by atoms with van der Waals surface area (Å²) in [6, 6.07) is 5.29. The third-order valence-corrected chi connectivity index (χ3v) is 4.67. The number of aromatic hydroxyl groups is 1. The van der Waals surface area contributed by atoms with Crippen LogP contribution in [-0.4, -0.2) is 21.6 Å². The highest BCUT2D eigenvalue weighted by molar-refractivity contribution is 7.18. The molecular formula is C16H11ClFNO4S. The number of thiophene rings is 1. The van der Waals surface area contributed by atoms with E-state index in [0.29, 0.717) is 14.9 Å². The molecule has 2 aromatic heterocycles. The van der Waals surface area contributed by atoms with Gasteiger partial charge in [0.2, 0.25) is 0 Å². The van der Waals surface area contributed by atoms with Crippen LogP contribution in [0.2, 0.25) is 4.34 Å². The van der Waals surface area contributed by atoms with Crippen molar-refractivity contribution in [2.75, 3.05) is 0 Å². The molecule has 0 aliphatic rings. The van der Waals surface area contributed by atoms with E-state index in [2.05, 4.69) is 0 Å². The Hall–Kier alpha value is -2.38. The molecule has 5 nitrogen and oxygen atoms in total. The normalized spacial score (nSPS) is 11.0. The number of aromatic nitrogens is 1. The van der Waals surface area contributed by atoms with E-state index < -0.39 is 23.4 Å². The number of hydrogen-bond acceptors (Lipinski definition) is 5. The molecule has 0 aliphatic carbocycles. The van der Waals surface area contributed by atoms with Crippen LogP contribution in [0, 0.1) is 12.7 Å². The summed E-state index contributed by atoms with van der Waals surface area (Å²) in [5.41, 5.74) is 0.508. The van der Waals surface area contributed by atoms with Gasteiger partial charge >= 0.3 is 5.97 Å². The van der Waals surface area contributed by atoms with Crippen molar-refractivity contribution in [1.82, 2.24) is 4.57 Å². The summed E-state index contributed by atoms with van der Waals surface area (Å²) >= 11 is 6.95. The van der Waals surface area contributed by atoms with E-state index in [1.807, 2.05) is 0 Å². The minimum Gasteiger partial charge on any atom is -0.505 e. The van der Waals surface area contributed by atoms with Crippen LogP contribution in [-0.2, 0) is 4.79 Å². The van der Waals surface area contributed by atoms with E-state index in [1.165, 1.54) is 11.5 Å². The number of carbonyl (C=O) groups is 2. The molecule has 3 rings (SSSR count). The van der Waals surface area contributed by atoms with Crippen molar-refractivity contribution in [2.45, 2.75) is 13.8 Å². The smallest absolute Gasteiger partial charge is 0.308 e. The fraction of sp³-hybridized carbons (Fsp3) is 0.125. The molecule has 24 heavy (non-hydrogen) atoms. The molecule has 0 unspecified atom stereocenters. The van der Waals surface area contributed by atoms with Crippen LogP contribution >= 0.6 is 22.9 Å². The van der Waals surface area contributed by atoms with Gasteiger partial charge in [-0.1, -0.05) is 11.6 Å². The SMILES string of the molecule is CC(=O)Oc1c(C)n(C(=O)c2ccc(Cl)s2)c2cc(F)c(O)cc12. The maximum atomic E-state index is 13.8. The number of rotatable bonds is 2. The Bertz CT molecular complexity index is 992. The van der Waals surface area contributed by atoms with E-state index in [4.69, 9.17) is 16.3 Å². The fourth-order valence-corrected chi connectivity index (χ4v) is 3.44. The number of esters is 1. The molecule has 2 heterocycles. The molecule has 0 fully saturated rings. The van der Waals surface area contributed by atoms with Crippen LogP contribution in [0.15, 0.2) is 24.3 Å². The molecule has 1 aromatic carbocycles. The first kappa shape index (κ1) is 16.5. The standard InChI is InChI=1S/C16H11ClFNO4S/c1-7-15(23-8(2)20)9-5-12(21)10(18)6-11(9)19(7)16(22)13-3-4-14(17)24-13/h3-6,21H,1-2H3. The van der Waals surface area contributed by atoms with Crippen molar-refractivity contribution in [3.8, 4) is 11.5 Å². The summed E-state index contributed by atoms with van der Waals surface area (Å²) in [5.74, 6) is -2.40. The number of phenolic OH excluding ortho intramolecular Hbond substituents is 1. The van der Waals surface area contributed by atoms with Crippen LogP contribution in [0.5, 0.6) is 11.5 Å². The molecule has 0 spiro atoms. The van der Waals surface area contributed by atoms with Crippen LogP contribution in [0.25, 0.3) is 10.9 Å². The number of carbonyl (C=O) groups excluding carboxylic acids is 2. The average molecular weight is 368 g/mol. The van der Waals surface area contributed by atoms with Gasteiger partial charge < -0.3 is 9.84 Å². The van der Waals surface area contributed by atoms with Gasteiger partial charge in [-0.25, -0.2) is 4.39 Å². The summed E-state index contributed by atoms with van der Waals surface area (Å²) in [6.07, 6.45) is 0. The van der Waals surface area contributed by atoms with Gasteiger partial charge in [0, 0.05) is 18.4 Å². The maximum Gasteiger partial charge on any atom is 0.308 e. The molecule has 1 N–H and O–H groups in total. The predicted molar refractivity (Wildman–Crippen MR) is 88.7 cm³/mol. The highest BCUT2D eigenvalue weighted by atomic mass is 35.5. The molecule has 0 aliphatic heterocycles. The van der Waals surface area contributed by atoms with Crippen LogP contribution < -0.4 is 4.74 Å². The lowest BCUT2D eigenvalue weighted by molar-refractivity contribution is -0.131. The first-order valence-electron chi connectivity index (χ1n) is 6.81. The summed E-state index contributed by atoms with van der Waals surface area (Å²) < 4.78 is 20.6. The van der Waals surface area contributed by atoms with Crippen LogP contribution in [0.1, 0.15) is 22.3 Å². The Morgan fingerprint density at radius 3 is 2.62 bits per heavy atom. The van der Waals surface area contributed by atoms with Gasteiger partial charge in [0.25, 0.3) is 5.91 Å². The number of benzene rings is 1. The lowest BCUT2D eigenvalue weighted by atomic mass is 10.2. The van der Waals surface area contributed by atoms with Gasteiger partial charge in [-0.3, -0.25) is 14.2 Å². The Kier molecular flexibility index (Phi) is 4.06. The molecular weight excluding hydrogens is 357 g/mol. The van der Waals surface area contributed by atoms with Gasteiger partial charge in [0.1, 0.15) is 0 Å². The zero-order valence-electron chi connectivity index (χ0n) is 12.6. The van der Waals surface area contributed by atoms with Crippen LogP contribution in [0.3, 0.4) is 0 Å². The monoisotopic (exact) mass is 367 g/mol. The molecule has 0 saturated heterocycles. The fourth-order valence-electron chi connectivity index (χ4n) is 2.47. The van der Waals surface area contributed by atoms with Crippen molar-refractivity contribution >= 4 is 45.7 Å². The Labute approximate surface area is 144 Å². The maximum absolute atomic E-state index is 13.8. The number of fused-ring (bicyclic) bond motifs is 1. The number of halogens is 2. The number of ether oxygens (including phenoxy) is 1. The quantitative estimate of drug-likeness (QED) is 0.692. The molecule has 8 heteroatoms.